The molecule has 0 aliphatic heterocycles. The van der Waals surface area contributed by atoms with E-state index >= 15 is 0 Å². The maximum atomic E-state index is 2.28. The largest absolute Gasteiger partial charge is 0.187 e. The number of hydrogen-bond donors (Lipinski definition) is 0. The Balaban J connectivity index is 1.58. The molecule has 0 nitrogen and oxygen atoms in total. The highest BCUT2D eigenvalue weighted by molar-refractivity contribution is 5.59. The summed E-state index contributed by atoms with van der Waals surface area (Å²) in [7, 11) is 0. The third-order valence-corrected chi connectivity index (χ3v) is 7.94. The number of benzene rings is 5. The van der Waals surface area contributed by atoms with Crippen molar-refractivity contribution in [3.05, 3.63) is 207 Å². The van der Waals surface area contributed by atoms with Crippen molar-refractivity contribution in [1.29, 1.82) is 0 Å². The van der Waals surface area contributed by atoms with E-state index in [2.05, 4.69) is 152 Å². The van der Waals surface area contributed by atoms with Crippen molar-refractivity contribution in [1.82, 2.24) is 0 Å². The van der Waals surface area contributed by atoms with Crippen LogP contribution in [0.15, 0.2) is 152 Å². The Labute approximate surface area is 239 Å². The molecule has 6 rings (SSSR count). The molecule has 0 N–H and O–H groups in total. The van der Waals surface area contributed by atoms with Crippen molar-refractivity contribution >= 4 is 0 Å². The Kier molecular flexibility index (Phi) is 8.06. The first-order chi connectivity index (χ1) is 19.8. The third-order valence-electron chi connectivity index (χ3n) is 7.94. The summed E-state index contributed by atoms with van der Waals surface area (Å²) >= 11 is 0. The van der Waals surface area contributed by atoms with E-state index in [4.69, 9.17) is 0 Å². The Bertz CT molecular complexity index is 1300. The molecule has 0 spiro atoms. The first kappa shape index (κ1) is 25.7. The molecule has 0 heteroatoms. The lowest BCUT2D eigenvalue weighted by Crippen LogP contribution is -2.00. The van der Waals surface area contributed by atoms with Gasteiger partial charge in [0.15, 0.2) is 0 Å². The fourth-order valence-corrected chi connectivity index (χ4v) is 5.98. The van der Waals surface area contributed by atoms with Crippen LogP contribution in [0.3, 0.4) is 0 Å². The smallest absolute Gasteiger partial charge is 0.0254 e. The molecule has 0 aliphatic carbocycles. The standard InChI is InChI=1S/C40H35/c1-6-16-31(17-7-1)26-36-37(27-32-18-8-2-9-19-32)39(29-34-22-12-4-13-23-34)40(30-35-24-14-5-15-25-35)38(36)28-33-20-10-3-11-21-33/h1-25H,26-30H2/q-1. The lowest BCUT2D eigenvalue weighted by molar-refractivity contribution is 1.05. The van der Waals surface area contributed by atoms with E-state index in [1.54, 1.807) is 0 Å². The molecule has 0 aromatic heterocycles. The van der Waals surface area contributed by atoms with Gasteiger partial charge in [0.2, 0.25) is 0 Å². The summed E-state index contributed by atoms with van der Waals surface area (Å²) in [6.07, 6.45) is 4.73. The second-order valence-corrected chi connectivity index (χ2v) is 10.7. The lowest BCUT2D eigenvalue weighted by Gasteiger charge is -2.20. The minimum absolute atomic E-state index is 0.946. The molecular formula is C40H35-. The summed E-state index contributed by atoms with van der Waals surface area (Å²) in [5, 5.41) is 0. The van der Waals surface area contributed by atoms with Crippen molar-refractivity contribution < 1.29 is 0 Å². The van der Waals surface area contributed by atoms with Crippen LogP contribution in [0, 0.1) is 0 Å². The van der Waals surface area contributed by atoms with Gasteiger partial charge in [-0.05, 0) is 30.4 Å². The van der Waals surface area contributed by atoms with E-state index in [9.17, 15) is 0 Å². The van der Waals surface area contributed by atoms with Crippen LogP contribution in [0.4, 0.5) is 0 Å². The summed E-state index contributed by atoms with van der Waals surface area (Å²) in [4.78, 5) is 0. The molecule has 0 saturated carbocycles. The predicted octanol–water partition coefficient (Wildman–Crippen LogP) is 9.36. The number of hydrogen-bond acceptors (Lipinski definition) is 0. The van der Waals surface area contributed by atoms with Gasteiger partial charge < -0.3 is 0 Å². The molecule has 0 aliphatic rings. The van der Waals surface area contributed by atoms with E-state index < -0.39 is 0 Å². The van der Waals surface area contributed by atoms with Crippen LogP contribution in [0.1, 0.15) is 55.6 Å². The molecule has 0 heterocycles. The Morgan fingerprint density at radius 2 is 0.575 bits per heavy atom. The van der Waals surface area contributed by atoms with Crippen LogP contribution < -0.4 is 0 Å². The maximum absolute atomic E-state index is 2.28. The molecule has 40 heavy (non-hydrogen) atoms. The van der Waals surface area contributed by atoms with Crippen LogP contribution in [0.25, 0.3) is 0 Å². The molecule has 0 bridgehead atoms. The summed E-state index contributed by atoms with van der Waals surface area (Å²) in [6.45, 7) is 0. The zero-order valence-electron chi connectivity index (χ0n) is 23.0. The fourth-order valence-electron chi connectivity index (χ4n) is 5.98. The van der Waals surface area contributed by atoms with Crippen LogP contribution in [0.5, 0.6) is 0 Å². The van der Waals surface area contributed by atoms with Crippen molar-refractivity contribution in [2.75, 3.05) is 0 Å². The third kappa shape index (κ3) is 6.19. The summed E-state index contributed by atoms with van der Waals surface area (Å²) in [5.41, 5.74) is 14.4. The fraction of sp³-hybridized carbons (Fsp3) is 0.125. The normalized spacial score (nSPS) is 11.0. The topological polar surface area (TPSA) is 0 Å². The van der Waals surface area contributed by atoms with Gasteiger partial charge in [-0.1, -0.05) is 181 Å². The maximum Gasteiger partial charge on any atom is -0.0254 e. The van der Waals surface area contributed by atoms with Gasteiger partial charge in [0.1, 0.15) is 0 Å². The van der Waals surface area contributed by atoms with Crippen LogP contribution in [-0.4, -0.2) is 0 Å². The van der Waals surface area contributed by atoms with Gasteiger partial charge >= 0.3 is 0 Å². The van der Waals surface area contributed by atoms with E-state index in [0.29, 0.717) is 0 Å². The SMILES string of the molecule is c1ccc(Cc2c(Cc3ccccc3)c(Cc3ccccc3)[c-](Cc3ccccc3)c2Cc2ccccc2)cc1. The lowest BCUT2D eigenvalue weighted by atomic mass is 9.92. The van der Waals surface area contributed by atoms with Crippen molar-refractivity contribution in [2.24, 2.45) is 0 Å². The highest BCUT2D eigenvalue weighted by Gasteiger charge is 2.16. The van der Waals surface area contributed by atoms with Gasteiger partial charge in [0.25, 0.3) is 0 Å². The van der Waals surface area contributed by atoms with Gasteiger partial charge in [-0.15, -0.1) is 5.56 Å². The first-order valence-corrected chi connectivity index (χ1v) is 14.3. The second-order valence-electron chi connectivity index (χ2n) is 10.7. The zero-order chi connectivity index (χ0) is 27.0. The van der Waals surface area contributed by atoms with E-state index in [-0.39, 0.29) is 0 Å². The molecule has 6 aromatic rings. The summed E-state index contributed by atoms with van der Waals surface area (Å²) in [6, 6.07) is 55.0. The van der Waals surface area contributed by atoms with Crippen LogP contribution in [-0.2, 0) is 32.1 Å². The molecule has 0 atom stereocenters. The summed E-state index contributed by atoms with van der Waals surface area (Å²) in [5.74, 6) is 0. The van der Waals surface area contributed by atoms with Gasteiger partial charge in [-0.2, -0.15) is 22.3 Å². The van der Waals surface area contributed by atoms with Gasteiger partial charge in [-0.3, -0.25) is 0 Å². The van der Waals surface area contributed by atoms with Gasteiger partial charge in [0.05, 0.1) is 0 Å². The average Bonchev–Trinajstić information content (AvgIpc) is 3.25. The van der Waals surface area contributed by atoms with Crippen LogP contribution in [0.2, 0.25) is 0 Å². The molecule has 0 unspecified atom stereocenters. The molecule has 0 amide bonds. The second kappa shape index (κ2) is 12.5. The van der Waals surface area contributed by atoms with Gasteiger partial charge in [-0.25, -0.2) is 0 Å². The summed E-state index contributed by atoms with van der Waals surface area (Å²) < 4.78 is 0. The van der Waals surface area contributed by atoms with E-state index in [1.165, 1.54) is 55.6 Å². The van der Waals surface area contributed by atoms with Gasteiger partial charge in [0, 0.05) is 0 Å². The monoisotopic (exact) mass is 515 g/mol. The molecule has 196 valence electrons. The highest BCUT2D eigenvalue weighted by atomic mass is 14.3. The minimum atomic E-state index is 0.946. The molecule has 0 saturated heterocycles. The molecule has 6 aromatic carbocycles. The predicted molar refractivity (Wildman–Crippen MR) is 168 cm³/mol. The Morgan fingerprint density at radius 1 is 0.300 bits per heavy atom. The molecular weight excluding hydrogens is 480 g/mol. The van der Waals surface area contributed by atoms with Crippen LogP contribution >= 0.6 is 0 Å². The minimum Gasteiger partial charge on any atom is -0.187 e. The van der Waals surface area contributed by atoms with Crippen molar-refractivity contribution in [3.63, 3.8) is 0 Å². The van der Waals surface area contributed by atoms with Crippen molar-refractivity contribution in [2.45, 2.75) is 32.1 Å². The highest BCUT2D eigenvalue weighted by Crippen LogP contribution is 2.37. The zero-order valence-corrected chi connectivity index (χ0v) is 23.0. The Morgan fingerprint density at radius 3 is 0.900 bits per heavy atom. The van der Waals surface area contributed by atoms with E-state index in [0.717, 1.165) is 32.1 Å². The van der Waals surface area contributed by atoms with Crippen molar-refractivity contribution in [3.8, 4) is 0 Å². The number of rotatable bonds is 10. The van der Waals surface area contributed by atoms with E-state index in [1.807, 2.05) is 0 Å². The average molecular weight is 516 g/mol. The molecule has 0 fully saturated rings. The molecule has 0 radical (unpaired) electrons. The Hall–Kier alpha value is -4.55. The first-order valence-electron chi connectivity index (χ1n) is 14.3. The quantitative estimate of drug-likeness (QED) is 0.159.